The van der Waals surface area contributed by atoms with Crippen LogP contribution in [-0.4, -0.2) is 65.8 Å². The quantitative estimate of drug-likeness (QED) is 0.433. The van der Waals surface area contributed by atoms with E-state index in [9.17, 15) is 14.0 Å². The molecule has 1 atom stereocenters. The molecule has 2 amide bonds. The molecule has 3 heterocycles. The Morgan fingerprint density at radius 2 is 1.75 bits per heavy atom. The lowest BCUT2D eigenvalue weighted by Gasteiger charge is -2.37. The number of benzene rings is 2. The molecule has 1 aromatic heterocycles. The second-order valence-corrected chi connectivity index (χ2v) is 10.9. The zero-order valence-corrected chi connectivity index (χ0v) is 22.0. The largest absolute Gasteiger partial charge is 0.340 e. The smallest absolute Gasteiger partial charge is 0.253 e. The van der Waals surface area contributed by atoms with Crippen LogP contribution in [0.5, 0.6) is 0 Å². The van der Waals surface area contributed by atoms with E-state index >= 15 is 0 Å². The molecule has 2 aliphatic rings. The zero-order chi connectivity index (χ0) is 25.2. The highest BCUT2D eigenvalue weighted by Crippen LogP contribution is 2.37. The molecule has 0 saturated carbocycles. The predicted molar refractivity (Wildman–Crippen MR) is 141 cm³/mol. The maximum Gasteiger partial charge on any atom is 0.253 e. The standard InChI is InChI=1S/C27H26Cl2FN3O2S/c28-22-6-5-19(16-23(22)29)27(35)32-10-2-9-31(12-13-32)25(34)17-33-11-7-24-21(8-14-36-24)26(33)18-3-1-4-20(30)15-18/h1,3-6,8,14-16,26H,2,7,9-13,17H2/t26-/m0/s1. The van der Waals surface area contributed by atoms with Crippen molar-refractivity contribution in [2.75, 3.05) is 39.3 Å². The summed E-state index contributed by atoms with van der Waals surface area (Å²) in [4.78, 5) is 33.5. The maximum atomic E-state index is 14.1. The summed E-state index contributed by atoms with van der Waals surface area (Å²) in [6.07, 6.45) is 1.57. The van der Waals surface area contributed by atoms with Crippen LogP contribution in [0.1, 0.15) is 38.8 Å². The normalized spacial score (nSPS) is 18.6. The summed E-state index contributed by atoms with van der Waals surface area (Å²) in [7, 11) is 0. The summed E-state index contributed by atoms with van der Waals surface area (Å²) in [6.45, 7) is 3.05. The number of hydrogen-bond acceptors (Lipinski definition) is 4. The van der Waals surface area contributed by atoms with Gasteiger partial charge in [-0.2, -0.15) is 0 Å². The molecule has 0 bridgehead atoms. The Labute approximate surface area is 224 Å². The Morgan fingerprint density at radius 3 is 2.56 bits per heavy atom. The molecule has 2 aromatic carbocycles. The van der Waals surface area contributed by atoms with Crippen LogP contribution in [-0.2, 0) is 11.2 Å². The van der Waals surface area contributed by atoms with Gasteiger partial charge in [-0.15, -0.1) is 11.3 Å². The lowest BCUT2D eigenvalue weighted by atomic mass is 9.93. The molecule has 0 radical (unpaired) electrons. The van der Waals surface area contributed by atoms with Crippen molar-refractivity contribution >= 4 is 46.4 Å². The first-order valence-corrected chi connectivity index (χ1v) is 13.6. The van der Waals surface area contributed by atoms with E-state index in [1.165, 1.54) is 10.9 Å². The van der Waals surface area contributed by atoms with E-state index in [-0.39, 0.29) is 30.2 Å². The molecule has 3 aromatic rings. The molecule has 0 spiro atoms. The summed E-state index contributed by atoms with van der Waals surface area (Å²) < 4.78 is 14.1. The summed E-state index contributed by atoms with van der Waals surface area (Å²) in [5.74, 6) is -0.366. The monoisotopic (exact) mass is 545 g/mol. The number of carbonyl (C=O) groups excluding carboxylic acids is 2. The molecule has 0 unspecified atom stereocenters. The van der Waals surface area contributed by atoms with Gasteiger partial charge in [0, 0.05) is 43.2 Å². The highest BCUT2D eigenvalue weighted by molar-refractivity contribution is 7.10. The summed E-state index contributed by atoms with van der Waals surface area (Å²) in [5.41, 5.74) is 2.50. The first-order valence-electron chi connectivity index (χ1n) is 12.0. The maximum absolute atomic E-state index is 14.1. The van der Waals surface area contributed by atoms with Crippen molar-refractivity contribution in [2.24, 2.45) is 0 Å². The van der Waals surface area contributed by atoms with Gasteiger partial charge < -0.3 is 9.80 Å². The van der Waals surface area contributed by atoms with Crippen LogP contribution in [0.25, 0.3) is 0 Å². The molecule has 0 aliphatic carbocycles. The van der Waals surface area contributed by atoms with Gasteiger partial charge in [0.2, 0.25) is 5.91 Å². The van der Waals surface area contributed by atoms with E-state index in [1.807, 2.05) is 11.0 Å². The van der Waals surface area contributed by atoms with Gasteiger partial charge in [0.05, 0.1) is 22.6 Å². The molecule has 1 saturated heterocycles. The molecule has 188 valence electrons. The topological polar surface area (TPSA) is 43.9 Å². The van der Waals surface area contributed by atoms with Crippen molar-refractivity contribution in [1.82, 2.24) is 14.7 Å². The minimum atomic E-state index is -0.277. The van der Waals surface area contributed by atoms with Gasteiger partial charge in [0.15, 0.2) is 0 Å². The highest BCUT2D eigenvalue weighted by Gasteiger charge is 2.32. The van der Waals surface area contributed by atoms with Crippen LogP contribution < -0.4 is 0 Å². The Hall–Kier alpha value is -2.45. The lowest BCUT2D eigenvalue weighted by molar-refractivity contribution is -0.132. The minimum Gasteiger partial charge on any atom is -0.340 e. The highest BCUT2D eigenvalue weighted by atomic mass is 35.5. The number of carbonyl (C=O) groups is 2. The third-order valence-electron chi connectivity index (χ3n) is 6.87. The molecule has 0 N–H and O–H groups in total. The summed E-state index contributed by atoms with van der Waals surface area (Å²) >= 11 is 13.8. The average molecular weight is 546 g/mol. The first kappa shape index (κ1) is 25.2. The van der Waals surface area contributed by atoms with Crippen molar-refractivity contribution in [3.8, 4) is 0 Å². The van der Waals surface area contributed by atoms with Crippen molar-refractivity contribution in [2.45, 2.75) is 18.9 Å². The second kappa shape index (κ2) is 10.9. The number of rotatable bonds is 4. The van der Waals surface area contributed by atoms with E-state index in [0.717, 1.165) is 24.1 Å². The van der Waals surface area contributed by atoms with Crippen LogP contribution in [0, 0.1) is 5.82 Å². The van der Waals surface area contributed by atoms with Gasteiger partial charge >= 0.3 is 0 Å². The van der Waals surface area contributed by atoms with E-state index in [0.29, 0.717) is 48.2 Å². The number of thiophene rings is 1. The minimum absolute atomic E-state index is 0.0268. The summed E-state index contributed by atoms with van der Waals surface area (Å²) in [5, 5.41) is 2.82. The molecular formula is C27H26Cl2FN3O2S. The van der Waals surface area contributed by atoms with Gasteiger partial charge in [-0.3, -0.25) is 14.5 Å². The third kappa shape index (κ3) is 5.30. The number of halogens is 3. The Balaban J connectivity index is 1.27. The van der Waals surface area contributed by atoms with E-state index in [4.69, 9.17) is 23.2 Å². The van der Waals surface area contributed by atoms with Crippen molar-refractivity contribution < 1.29 is 14.0 Å². The number of nitrogens with zero attached hydrogens (tertiary/aromatic N) is 3. The van der Waals surface area contributed by atoms with Crippen LogP contribution in [0.15, 0.2) is 53.9 Å². The second-order valence-electron chi connectivity index (χ2n) is 9.13. The third-order valence-corrected chi connectivity index (χ3v) is 8.61. The van der Waals surface area contributed by atoms with E-state index < -0.39 is 0 Å². The molecule has 1 fully saturated rings. The summed E-state index contributed by atoms with van der Waals surface area (Å²) in [6, 6.07) is 13.5. The fourth-order valence-electron chi connectivity index (χ4n) is 5.06. The first-order chi connectivity index (χ1) is 17.4. The fraction of sp³-hybridized carbons (Fsp3) is 0.333. The predicted octanol–water partition coefficient (Wildman–Crippen LogP) is 5.52. The lowest BCUT2D eigenvalue weighted by Crippen LogP contribution is -2.45. The van der Waals surface area contributed by atoms with Crippen molar-refractivity contribution in [1.29, 1.82) is 0 Å². The van der Waals surface area contributed by atoms with Gasteiger partial charge in [-0.05, 0) is 65.7 Å². The molecule has 5 nitrogen and oxygen atoms in total. The van der Waals surface area contributed by atoms with E-state index in [1.54, 1.807) is 46.6 Å². The van der Waals surface area contributed by atoms with Crippen molar-refractivity contribution in [3.05, 3.63) is 91.3 Å². The molecule has 9 heteroatoms. The molecule has 36 heavy (non-hydrogen) atoms. The average Bonchev–Trinajstić information content (AvgIpc) is 3.20. The SMILES string of the molecule is O=C(CN1CCc2sccc2[C@@H]1c1cccc(F)c1)N1CCCN(C(=O)c2ccc(Cl)c(Cl)c2)CC1. The Kier molecular flexibility index (Phi) is 7.62. The van der Waals surface area contributed by atoms with Crippen LogP contribution in [0.4, 0.5) is 4.39 Å². The fourth-order valence-corrected chi connectivity index (χ4v) is 6.26. The van der Waals surface area contributed by atoms with Gasteiger partial charge in [0.1, 0.15) is 5.82 Å². The number of hydrogen-bond donors (Lipinski definition) is 0. The number of fused-ring (bicyclic) bond motifs is 1. The van der Waals surface area contributed by atoms with Crippen LogP contribution in [0.2, 0.25) is 10.0 Å². The van der Waals surface area contributed by atoms with Crippen molar-refractivity contribution in [3.63, 3.8) is 0 Å². The molecule has 5 rings (SSSR count). The molecule has 2 aliphatic heterocycles. The Bertz CT molecular complexity index is 1280. The van der Waals surface area contributed by atoms with Gasteiger partial charge in [-0.1, -0.05) is 35.3 Å². The zero-order valence-electron chi connectivity index (χ0n) is 19.6. The molecular weight excluding hydrogens is 520 g/mol. The van der Waals surface area contributed by atoms with Crippen LogP contribution >= 0.6 is 34.5 Å². The van der Waals surface area contributed by atoms with E-state index in [2.05, 4.69) is 16.3 Å². The van der Waals surface area contributed by atoms with Gasteiger partial charge in [0.25, 0.3) is 5.91 Å². The number of amides is 2. The van der Waals surface area contributed by atoms with Crippen LogP contribution in [0.3, 0.4) is 0 Å². The van der Waals surface area contributed by atoms with Gasteiger partial charge in [-0.25, -0.2) is 4.39 Å². The Morgan fingerprint density at radius 1 is 0.944 bits per heavy atom.